The van der Waals surface area contributed by atoms with Crippen LogP contribution < -0.4 is 20.1 Å². The first-order chi connectivity index (χ1) is 15.5. The Kier molecular flexibility index (Phi) is 6.21. The van der Waals surface area contributed by atoms with E-state index in [1.807, 2.05) is 24.3 Å². The molecule has 0 radical (unpaired) electrons. The summed E-state index contributed by atoms with van der Waals surface area (Å²) in [6.45, 7) is 0.305. The van der Waals surface area contributed by atoms with Gasteiger partial charge in [0.25, 0.3) is 6.01 Å². The zero-order chi connectivity index (χ0) is 22.5. The number of methoxy groups -OCH3 is 1. The van der Waals surface area contributed by atoms with Gasteiger partial charge in [0, 0.05) is 12.1 Å². The monoisotopic (exact) mass is 435 g/mol. The van der Waals surface area contributed by atoms with Gasteiger partial charge in [-0.1, -0.05) is 36.4 Å². The van der Waals surface area contributed by atoms with Gasteiger partial charge in [0.1, 0.15) is 24.5 Å². The maximum Gasteiger partial charge on any atom is 0.299 e. The number of primary amides is 1. The predicted molar refractivity (Wildman–Crippen MR) is 118 cm³/mol. The maximum absolute atomic E-state index is 13.9. The summed E-state index contributed by atoms with van der Waals surface area (Å²) in [7, 11) is 1.52. The first-order valence-electron chi connectivity index (χ1n) is 9.95. The molecule has 0 aliphatic heterocycles. The van der Waals surface area contributed by atoms with E-state index in [9.17, 15) is 9.18 Å². The van der Waals surface area contributed by atoms with Crippen molar-refractivity contribution in [1.29, 1.82) is 0 Å². The zero-order valence-corrected chi connectivity index (χ0v) is 17.5. The van der Waals surface area contributed by atoms with Gasteiger partial charge in [-0.05, 0) is 35.9 Å². The van der Waals surface area contributed by atoms with Crippen LogP contribution in [0.25, 0.3) is 11.1 Å². The van der Waals surface area contributed by atoms with Crippen LogP contribution in [0, 0.1) is 5.82 Å². The third-order valence-corrected chi connectivity index (χ3v) is 4.84. The van der Waals surface area contributed by atoms with Crippen molar-refractivity contribution in [3.8, 4) is 11.5 Å². The third kappa shape index (κ3) is 4.80. The number of benzene rings is 3. The molecule has 0 spiro atoms. The molecule has 0 aliphatic rings. The molecule has 3 aromatic carbocycles. The molecule has 1 amide bonds. The first-order valence-corrected chi connectivity index (χ1v) is 9.95. The molecule has 0 aliphatic carbocycles. The van der Waals surface area contributed by atoms with Crippen molar-refractivity contribution in [2.24, 2.45) is 5.73 Å². The Labute approximate surface area is 184 Å². The molecule has 2 N–H and O–H groups in total. The van der Waals surface area contributed by atoms with E-state index in [4.69, 9.17) is 19.6 Å². The maximum atomic E-state index is 13.9. The van der Waals surface area contributed by atoms with Crippen molar-refractivity contribution in [3.63, 3.8) is 0 Å². The van der Waals surface area contributed by atoms with Gasteiger partial charge in [0.15, 0.2) is 17.1 Å². The summed E-state index contributed by atoms with van der Waals surface area (Å²) in [5.41, 5.74) is 8.01. The normalized spacial score (nSPS) is 10.8. The topological polar surface area (TPSA) is 90.8 Å². The number of para-hydroxylation sites is 2. The van der Waals surface area contributed by atoms with E-state index in [1.54, 1.807) is 41.3 Å². The van der Waals surface area contributed by atoms with Crippen molar-refractivity contribution in [2.45, 2.75) is 13.2 Å². The van der Waals surface area contributed by atoms with E-state index < -0.39 is 5.91 Å². The number of amides is 1. The highest BCUT2D eigenvalue weighted by Gasteiger charge is 2.18. The van der Waals surface area contributed by atoms with E-state index in [-0.39, 0.29) is 19.0 Å². The Morgan fingerprint density at radius 3 is 2.62 bits per heavy atom. The van der Waals surface area contributed by atoms with Crippen molar-refractivity contribution in [1.82, 2.24) is 4.98 Å². The number of hydrogen-bond donors (Lipinski definition) is 1. The minimum Gasteiger partial charge on any atom is -0.493 e. The fourth-order valence-electron chi connectivity index (χ4n) is 3.30. The molecule has 1 aromatic heterocycles. The quantitative estimate of drug-likeness (QED) is 0.427. The van der Waals surface area contributed by atoms with Crippen molar-refractivity contribution in [2.75, 3.05) is 18.6 Å². The molecule has 164 valence electrons. The highest BCUT2D eigenvalue weighted by molar-refractivity contribution is 5.80. The molecule has 1 heterocycles. The molecule has 0 unspecified atom stereocenters. The van der Waals surface area contributed by atoms with Gasteiger partial charge in [0.2, 0.25) is 5.91 Å². The Bertz CT molecular complexity index is 1210. The van der Waals surface area contributed by atoms with Crippen LogP contribution in [0.15, 0.2) is 71.1 Å². The third-order valence-electron chi connectivity index (χ3n) is 4.84. The summed E-state index contributed by atoms with van der Waals surface area (Å²) in [6.07, 6.45) is 0. The molecule has 4 rings (SSSR count). The molecule has 0 atom stereocenters. The summed E-state index contributed by atoms with van der Waals surface area (Å²) in [5.74, 6) is 0.117. The Morgan fingerprint density at radius 2 is 1.88 bits per heavy atom. The lowest BCUT2D eigenvalue weighted by atomic mass is 10.2. The Hall–Kier alpha value is -4.07. The van der Waals surface area contributed by atoms with Crippen LogP contribution in [0.3, 0.4) is 0 Å². The number of hydrogen-bond acceptors (Lipinski definition) is 6. The zero-order valence-electron chi connectivity index (χ0n) is 17.5. The number of carbonyl (C=O) groups excluding carboxylic acids is 1. The van der Waals surface area contributed by atoms with Crippen LogP contribution in [0.1, 0.15) is 11.1 Å². The molecule has 7 nitrogen and oxygen atoms in total. The largest absolute Gasteiger partial charge is 0.493 e. The molecule has 0 fully saturated rings. The number of carbonyl (C=O) groups is 1. The van der Waals surface area contributed by atoms with E-state index in [0.717, 1.165) is 5.56 Å². The number of rotatable bonds is 9. The fraction of sp³-hybridized carbons (Fsp3) is 0.167. The molecule has 0 saturated heterocycles. The lowest BCUT2D eigenvalue weighted by Crippen LogP contribution is -2.33. The summed E-state index contributed by atoms with van der Waals surface area (Å²) in [6, 6.07) is 19.4. The van der Waals surface area contributed by atoms with E-state index in [0.29, 0.717) is 40.7 Å². The van der Waals surface area contributed by atoms with Crippen molar-refractivity contribution in [3.05, 3.63) is 83.7 Å². The smallest absolute Gasteiger partial charge is 0.299 e. The van der Waals surface area contributed by atoms with Gasteiger partial charge in [-0.15, -0.1) is 0 Å². The van der Waals surface area contributed by atoms with Gasteiger partial charge in [-0.25, -0.2) is 4.39 Å². The van der Waals surface area contributed by atoms with E-state index >= 15 is 0 Å². The molecule has 8 heteroatoms. The van der Waals surface area contributed by atoms with Crippen LogP contribution in [0.4, 0.5) is 10.4 Å². The van der Waals surface area contributed by atoms with Crippen molar-refractivity contribution < 1.29 is 23.1 Å². The second kappa shape index (κ2) is 9.38. The van der Waals surface area contributed by atoms with E-state index in [2.05, 4.69) is 4.98 Å². The number of fused-ring (bicyclic) bond motifs is 1. The Morgan fingerprint density at radius 1 is 1.09 bits per heavy atom. The van der Waals surface area contributed by atoms with Crippen LogP contribution >= 0.6 is 0 Å². The number of nitrogens with two attached hydrogens (primary N) is 1. The molecular weight excluding hydrogens is 413 g/mol. The second-order valence-corrected chi connectivity index (χ2v) is 7.15. The average Bonchev–Trinajstić information content (AvgIpc) is 3.22. The average molecular weight is 435 g/mol. The molecule has 0 bridgehead atoms. The van der Waals surface area contributed by atoms with Gasteiger partial charge in [0.05, 0.1) is 7.11 Å². The first kappa shape index (κ1) is 21.2. The lowest BCUT2D eigenvalue weighted by molar-refractivity contribution is -0.116. The highest BCUT2D eigenvalue weighted by Crippen LogP contribution is 2.30. The van der Waals surface area contributed by atoms with Crippen LogP contribution in [-0.2, 0) is 17.9 Å². The summed E-state index contributed by atoms with van der Waals surface area (Å²) >= 11 is 0. The highest BCUT2D eigenvalue weighted by atomic mass is 19.1. The number of anilines is 1. The lowest BCUT2D eigenvalue weighted by Gasteiger charge is -2.20. The Balaban J connectivity index is 1.54. The second-order valence-electron chi connectivity index (χ2n) is 7.15. The standard InChI is InChI=1S/C24H22FN3O4/c1-30-22-12-16(10-11-21(22)31-15-17-6-2-3-7-18(17)25)13-28(14-23(26)29)24-27-19-8-4-5-9-20(19)32-24/h2-12H,13-15H2,1H3,(H2,26,29). The molecule has 32 heavy (non-hydrogen) atoms. The van der Waals surface area contributed by atoms with Gasteiger partial charge < -0.3 is 24.5 Å². The van der Waals surface area contributed by atoms with Crippen LogP contribution in [0.2, 0.25) is 0 Å². The number of oxazole rings is 1. The van der Waals surface area contributed by atoms with Gasteiger partial charge in [-0.3, -0.25) is 4.79 Å². The van der Waals surface area contributed by atoms with Gasteiger partial charge in [-0.2, -0.15) is 4.98 Å². The van der Waals surface area contributed by atoms with Crippen LogP contribution in [-0.4, -0.2) is 24.5 Å². The molecular formula is C24H22FN3O4. The number of nitrogens with zero attached hydrogens (tertiary/aromatic N) is 2. The minimum atomic E-state index is -0.510. The number of ether oxygens (including phenoxy) is 2. The molecule has 4 aromatic rings. The number of halogens is 1. The van der Waals surface area contributed by atoms with Crippen LogP contribution in [0.5, 0.6) is 11.5 Å². The SMILES string of the molecule is COc1cc(CN(CC(N)=O)c2nc3ccccc3o2)ccc1OCc1ccccc1F. The number of aromatic nitrogens is 1. The van der Waals surface area contributed by atoms with E-state index in [1.165, 1.54) is 13.2 Å². The predicted octanol–water partition coefficient (Wildman–Crippen LogP) is 4.05. The summed E-state index contributed by atoms with van der Waals surface area (Å²) < 4.78 is 30.9. The summed E-state index contributed by atoms with van der Waals surface area (Å²) in [5, 5.41) is 0. The molecule has 0 saturated carbocycles. The minimum absolute atomic E-state index is 0.0685. The summed E-state index contributed by atoms with van der Waals surface area (Å²) in [4.78, 5) is 17.8. The fourth-order valence-corrected chi connectivity index (χ4v) is 3.30. The van der Waals surface area contributed by atoms with Gasteiger partial charge >= 0.3 is 0 Å². The van der Waals surface area contributed by atoms with Crippen molar-refractivity contribution >= 4 is 23.0 Å².